The molecule has 1 N–H and O–H groups in total. The molecule has 142 valence electrons. The van der Waals surface area contributed by atoms with Crippen LogP contribution < -0.4 is 5.32 Å². The molecule has 2 fully saturated rings. The summed E-state index contributed by atoms with van der Waals surface area (Å²) in [6.07, 6.45) is 4.06. The molecule has 3 amide bonds. The lowest BCUT2D eigenvalue weighted by molar-refractivity contribution is -0.129. The quantitative estimate of drug-likeness (QED) is 0.796. The van der Waals surface area contributed by atoms with Crippen LogP contribution in [0.4, 0.5) is 10.5 Å². The van der Waals surface area contributed by atoms with Crippen LogP contribution in [0, 0.1) is 0 Å². The molecule has 9 heteroatoms. The lowest BCUT2D eigenvalue weighted by Crippen LogP contribution is -2.52. The summed E-state index contributed by atoms with van der Waals surface area (Å²) in [5, 5.41) is 11.8. The maximum absolute atomic E-state index is 12.5. The number of anilines is 1. The number of urea groups is 1. The van der Waals surface area contributed by atoms with E-state index in [4.69, 9.17) is 0 Å². The molecule has 2 aliphatic rings. The van der Waals surface area contributed by atoms with Gasteiger partial charge in [0.25, 0.3) is 0 Å². The zero-order valence-corrected chi connectivity index (χ0v) is 15.8. The molecule has 1 aromatic carbocycles. The van der Waals surface area contributed by atoms with Gasteiger partial charge < -0.3 is 19.7 Å². The van der Waals surface area contributed by atoms with Gasteiger partial charge in [0, 0.05) is 37.9 Å². The second kappa shape index (κ2) is 7.99. The highest BCUT2D eigenvalue weighted by Gasteiger charge is 2.28. The third kappa shape index (κ3) is 4.41. The molecule has 1 aromatic heterocycles. The highest BCUT2D eigenvalue weighted by molar-refractivity contribution is 7.99. The van der Waals surface area contributed by atoms with Crippen molar-refractivity contribution in [1.82, 2.24) is 24.6 Å². The normalized spacial score (nSPS) is 17.0. The van der Waals surface area contributed by atoms with Crippen molar-refractivity contribution >= 4 is 29.4 Å². The summed E-state index contributed by atoms with van der Waals surface area (Å²) in [4.78, 5) is 28.4. The van der Waals surface area contributed by atoms with Crippen LogP contribution >= 0.6 is 11.8 Å². The summed E-state index contributed by atoms with van der Waals surface area (Å²) >= 11 is 1.44. The van der Waals surface area contributed by atoms with E-state index in [9.17, 15) is 9.59 Å². The Morgan fingerprint density at radius 3 is 2.48 bits per heavy atom. The van der Waals surface area contributed by atoms with E-state index in [1.165, 1.54) is 11.8 Å². The minimum atomic E-state index is -0.125. The topological polar surface area (TPSA) is 83.4 Å². The lowest BCUT2D eigenvalue weighted by atomic mass is 10.3. The third-order valence-corrected chi connectivity index (χ3v) is 5.69. The molecule has 0 unspecified atom stereocenters. The van der Waals surface area contributed by atoms with Crippen LogP contribution in [0.2, 0.25) is 0 Å². The molecular formula is C18H22N6O2S. The van der Waals surface area contributed by atoms with Gasteiger partial charge in [-0.15, -0.1) is 10.2 Å². The molecule has 0 spiro atoms. The van der Waals surface area contributed by atoms with Gasteiger partial charge in [-0.3, -0.25) is 4.79 Å². The smallest absolute Gasteiger partial charge is 0.321 e. The minimum Gasteiger partial charge on any atom is -0.338 e. The Labute approximate surface area is 161 Å². The van der Waals surface area contributed by atoms with E-state index in [1.54, 1.807) is 11.2 Å². The standard InChI is InChI=1S/C18H22N6O2S/c25-16(12-27-18-21-19-13-24(18)15-6-7-15)22-8-10-23(11-9-22)17(26)20-14-4-2-1-3-5-14/h1-5,13,15H,6-12H2,(H,20,26). The van der Waals surface area contributed by atoms with Crippen molar-refractivity contribution in [2.45, 2.75) is 24.0 Å². The summed E-state index contributed by atoms with van der Waals surface area (Å²) in [5.74, 6) is 0.426. The molecule has 1 aliphatic heterocycles. The number of rotatable bonds is 5. The Bertz CT molecular complexity index is 799. The van der Waals surface area contributed by atoms with Gasteiger partial charge in [-0.25, -0.2) is 4.79 Å². The van der Waals surface area contributed by atoms with Crippen molar-refractivity contribution in [1.29, 1.82) is 0 Å². The predicted octanol–water partition coefficient (Wildman–Crippen LogP) is 2.08. The highest BCUT2D eigenvalue weighted by Crippen LogP contribution is 2.37. The fourth-order valence-electron chi connectivity index (χ4n) is 3.04. The number of nitrogens with one attached hydrogen (secondary N) is 1. The summed E-state index contributed by atoms with van der Waals surface area (Å²) in [6, 6.07) is 9.77. The molecule has 2 heterocycles. The molecule has 0 atom stereocenters. The molecule has 1 aliphatic carbocycles. The number of aromatic nitrogens is 3. The third-order valence-electron chi connectivity index (χ3n) is 4.75. The van der Waals surface area contributed by atoms with E-state index in [0.717, 1.165) is 23.7 Å². The first-order valence-electron chi connectivity index (χ1n) is 9.12. The second-order valence-corrected chi connectivity index (χ2v) is 7.65. The van der Waals surface area contributed by atoms with Crippen LogP contribution in [-0.2, 0) is 4.79 Å². The zero-order valence-electron chi connectivity index (χ0n) is 15.0. The van der Waals surface area contributed by atoms with E-state index < -0.39 is 0 Å². The molecular weight excluding hydrogens is 364 g/mol. The maximum Gasteiger partial charge on any atom is 0.321 e. The Kier molecular flexibility index (Phi) is 5.28. The molecule has 1 saturated heterocycles. The monoisotopic (exact) mass is 386 g/mol. The van der Waals surface area contributed by atoms with Crippen molar-refractivity contribution in [2.24, 2.45) is 0 Å². The van der Waals surface area contributed by atoms with Gasteiger partial charge >= 0.3 is 6.03 Å². The van der Waals surface area contributed by atoms with E-state index in [-0.39, 0.29) is 11.9 Å². The fourth-order valence-corrected chi connectivity index (χ4v) is 3.92. The average molecular weight is 386 g/mol. The number of carbonyl (C=O) groups is 2. The van der Waals surface area contributed by atoms with E-state index in [1.807, 2.05) is 35.2 Å². The van der Waals surface area contributed by atoms with Crippen LogP contribution in [0.5, 0.6) is 0 Å². The summed E-state index contributed by atoms with van der Waals surface area (Å²) in [5.41, 5.74) is 0.775. The van der Waals surface area contributed by atoms with E-state index in [0.29, 0.717) is 38.0 Å². The number of benzene rings is 1. The maximum atomic E-state index is 12.5. The molecule has 0 radical (unpaired) electrons. The van der Waals surface area contributed by atoms with Gasteiger partial charge in [0.1, 0.15) is 6.33 Å². The molecule has 27 heavy (non-hydrogen) atoms. The Hall–Kier alpha value is -2.55. The summed E-state index contributed by atoms with van der Waals surface area (Å²) < 4.78 is 2.06. The first kappa shape index (κ1) is 17.8. The Balaban J connectivity index is 1.23. The number of para-hydroxylation sites is 1. The largest absolute Gasteiger partial charge is 0.338 e. The van der Waals surface area contributed by atoms with Gasteiger partial charge in [-0.05, 0) is 25.0 Å². The fraction of sp³-hybridized carbons (Fsp3) is 0.444. The van der Waals surface area contributed by atoms with Crippen molar-refractivity contribution in [3.05, 3.63) is 36.7 Å². The van der Waals surface area contributed by atoms with E-state index in [2.05, 4.69) is 20.1 Å². The number of hydrogen-bond acceptors (Lipinski definition) is 5. The van der Waals surface area contributed by atoms with Crippen LogP contribution in [-0.4, -0.2) is 68.4 Å². The highest BCUT2D eigenvalue weighted by atomic mass is 32.2. The molecule has 4 rings (SSSR count). The average Bonchev–Trinajstić information content (AvgIpc) is 3.44. The lowest BCUT2D eigenvalue weighted by Gasteiger charge is -2.34. The Morgan fingerprint density at radius 1 is 1.07 bits per heavy atom. The Morgan fingerprint density at radius 2 is 1.78 bits per heavy atom. The van der Waals surface area contributed by atoms with Crippen molar-refractivity contribution in [2.75, 3.05) is 37.2 Å². The van der Waals surface area contributed by atoms with Crippen LogP contribution in [0.1, 0.15) is 18.9 Å². The van der Waals surface area contributed by atoms with Crippen LogP contribution in [0.15, 0.2) is 41.8 Å². The van der Waals surface area contributed by atoms with Crippen molar-refractivity contribution in [3.8, 4) is 0 Å². The van der Waals surface area contributed by atoms with Crippen molar-refractivity contribution in [3.63, 3.8) is 0 Å². The second-order valence-electron chi connectivity index (χ2n) is 6.70. The van der Waals surface area contributed by atoms with Gasteiger partial charge in [0.15, 0.2) is 5.16 Å². The summed E-state index contributed by atoms with van der Waals surface area (Å²) in [6.45, 7) is 2.18. The molecule has 2 aromatic rings. The van der Waals surface area contributed by atoms with Crippen molar-refractivity contribution < 1.29 is 9.59 Å². The number of amides is 3. The number of hydrogen-bond donors (Lipinski definition) is 1. The molecule has 8 nitrogen and oxygen atoms in total. The van der Waals surface area contributed by atoms with Crippen LogP contribution in [0.25, 0.3) is 0 Å². The van der Waals surface area contributed by atoms with Gasteiger partial charge in [0.05, 0.1) is 5.75 Å². The first-order chi connectivity index (χ1) is 13.2. The number of carbonyl (C=O) groups excluding carboxylic acids is 2. The van der Waals surface area contributed by atoms with Gasteiger partial charge in [-0.2, -0.15) is 0 Å². The number of piperazine rings is 1. The SMILES string of the molecule is O=C(CSc1nncn1C1CC1)N1CCN(C(=O)Nc2ccccc2)CC1. The van der Waals surface area contributed by atoms with Gasteiger partial charge in [0.2, 0.25) is 5.91 Å². The molecule has 1 saturated carbocycles. The van der Waals surface area contributed by atoms with Crippen LogP contribution in [0.3, 0.4) is 0 Å². The predicted molar refractivity (Wildman–Crippen MR) is 103 cm³/mol. The number of thioether (sulfide) groups is 1. The first-order valence-corrected chi connectivity index (χ1v) is 10.1. The minimum absolute atomic E-state index is 0.0773. The zero-order chi connectivity index (χ0) is 18.6. The van der Waals surface area contributed by atoms with Gasteiger partial charge in [-0.1, -0.05) is 30.0 Å². The number of nitrogens with zero attached hydrogens (tertiary/aromatic N) is 5. The summed E-state index contributed by atoms with van der Waals surface area (Å²) in [7, 11) is 0. The molecule has 0 bridgehead atoms. The van der Waals surface area contributed by atoms with E-state index >= 15 is 0 Å².